The Kier molecular flexibility index (Phi) is 6.13. The molecule has 0 aliphatic carbocycles. The molecule has 2 aromatic carbocycles. The van der Waals surface area contributed by atoms with Crippen molar-refractivity contribution < 1.29 is 19.1 Å². The Labute approximate surface area is 209 Å². The van der Waals surface area contributed by atoms with Gasteiger partial charge >= 0.3 is 6.03 Å². The highest BCUT2D eigenvalue weighted by Crippen LogP contribution is 2.38. The van der Waals surface area contributed by atoms with Crippen LogP contribution in [0.2, 0.25) is 0 Å². The molecule has 186 valence electrons. The molecule has 0 bridgehead atoms. The van der Waals surface area contributed by atoms with E-state index in [9.17, 15) is 9.59 Å². The quantitative estimate of drug-likeness (QED) is 0.441. The number of aromatic nitrogens is 1. The molecular weight excluding hydrogens is 458 g/mol. The van der Waals surface area contributed by atoms with E-state index in [1.807, 2.05) is 24.4 Å². The first-order valence-corrected chi connectivity index (χ1v) is 11.9. The Morgan fingerprint density at radius 3 is 2.89 bits per heavy atom. The normalized spacial score (nSPS) is 17.7. The molecule has 2 amide bonds. The molecule has 9 nitrogen and oxygen atoms in total. The van der Waals surface area contributed by atoms with Crippen LogP contribution in [-0.4, -0.2) is 55.3 Å². The largest absolute Gasteiger partial charge is 0.497 e. The Hall–Kier alpha value is -4.27. The van der Waals surface area contributed by atoms with Gasteiger partial charge in [-0.3, -0.25) is 9.80 Å². The van der Waals surface area contributed by atoms with E-state index >= 15 is 0 Å². The maximum absolute atomic E-state index is 13.3. The maximum Gasteiger partial charge on any atom is 0.318 e. The second-order valence-electron chi connectivity index (χ2n) is 9.36. The van der Waals surface area contributed by atoms with Gasteiger partial charge in [-0.15, -0.1) is 0 Å². The van der Waals surface area contributed by atoms with Gasteiger partial charge in [-0.2, -0.15) is 5.10 Å². The number of carbonyl (C=O) groups excluding carboxylic acids is 2. The average Bonchev–Trinajstić information content (AvgIpc) is 3.55. The van der Waals surface area contributed by atoms with Crippen molar-refractivity contribution in [2.75, 3.05) is 32.6 Å². The number of nitrogens with zero attached hydrogens (tertiary/aromatic N) is 2. The summed E-state index contributed by atoms with van der Waals surface area (Å²) in [5.41, 5.74) is 3.69. The summed E-state index contributed by atoms with van der Waals surface area (Å²) in [6, 6.07) is 10.5. The van der Waals surface area contributed by atoms with Crippen molar-refractivity contribution in [1.82, 2.24) is 15.3 Å². The molecule has 2 aliphatic rings. The monoisotopic (exact) mass is 487 g/mol. The molecule has 0 radical (unpaired) electrons. The topological polar surface area (TPSA) is 108 Å². The second kappa shape index (κ2) is 9.41. The first-order valence-electron chi connectivity index (χ1n) is 11.9. The fourth-order valence-electron chi connectivity index (χ4n) is 4.58. The van der Waals surface area contributed by atoms with Crippen molar-refractivity contribution in [2.45, 2.75) is 19.8 Å². The number of aromatic amines is 1. The van der Waals surface area contributed by atoms with Crippen LogP contribution in [-0.2, 0) is 0 Å². The standard InChI is InChI=1S/C27H29N5O4/c1-15(2)13-32-14-16(12-29-32)25-20(19-10-18(35-4)6-7-22(19)31-25)11-24-26(33)21-9-17(30-27(34)28-3)5-8-23(21)36-24/h5-12,15-16,31H,13-14H2,1-4H3,(H2,28,30,34)/b24-11-. The number of H-pyrrole nitrogens is 1. The SMILES string of the molecule is CNC(=O)Nc1ccc2c(c1)C(=O)/C(=C/c1c(C3C=NN(CC(C)C)C3)[nH]c3ccc(OC)cc13)O2. The number of anilines is 1. The van der Waals surface area contributed by atoms with Crippen LogP contribution >= 0.6 is 0 Å². The van der Waals surface area contributed by atoms with Crippen molar-refractivity contribution in [2.24, 2.45) is 11.0 Å². The predicted molar refractivity (Wildman–Crippen MR) is 140 cm³/mol. The third-order valence-electron chi connectivity index (χ3n) is 6.27. The van der Waals surface area contributed by atoms with Gasteiger partial charge in [-0.25, -0.2) is 4.79 Å². The number of hydrogen-bond acceptors (Lipinski definition) is 6. The van der Waals surface area contributed by atoms with Gasteiger partial charge in [-0.1, -0.05) is 13.8 Å². The lowest BCUT2D eigenvalue weighted by molar-refractivity contribution is 0.101. The van der Waals surface area contributed by atoms with Crippen LogP contribution in [0.4, 0.5) is 10.5 Å². The number of fused-ring (bicyclic) bond motifs is 2. The molecule has 1 atom stereocenters. The minimum Gasteiger partial charge on any atom is -0.497 e. The minimum atomic E-state index is -0.362. The smallest absolute Gasteiger partial charge is 0.318 e. The highest BCUT2D eigenvalue weighted by molar-refractivity contribution is 6.16. The molecule has 0 spiro atoms. The first kappa shape index (κ1) is 23.5. The molecule has 5 rings (SSSR count). The van der Waals surface area contributed by atoms with Crippen molar-refractivity contribution in [1.29, 1.82) is 0 Å². The van der Waals surface area contributed by atoms with Gasteiger partial charge in [0.15, 0.2) is 5.76 Å². The number of hydrazone groups is 1. The number of nitrogens with one attached hydrogen (secondary N) is 3. The number of Topliss-reactive ketones (excluding diaryl/α,β-unsaturated/α-hetero) is 1. The van der Waals surface area contributed by atoms with Gasteiger partial charge in [0.05, 0.1) is 18.6 Å². The van der Waals surface area contributed by atoms with Crippen LogP contribution in [0.1, 0.15) is 41.4 Å². The van der Waals surface area contributed by atoms with Gasteiger partial charge in [0, 0.05) is 54.2 Å². The van der Waals surface area contributed by atoms with E-state index in [-0.39, 0.29) is 23.5 Å². The number of ketones is 1. The molecule has 9 heteroatoms. The maximum atomic E-state index is 13.3. The number of urea groups is 1. The van der Waals surface area contributed by atoms with Crippen LogP contribution in [0, 0.1) is 5.92 Å². The van der Waals surface area contributed by atoms with Crippen molar-refractivity contribution >= 4 is 40.7 Å². The van der Waals surface area contributed by atoms with Crippen LogP contribution in [0.3, 0.4) is 0 Å². The summed E-state index contributed by atoms with van der Waals surface area (Å²) >= 11 is 0. The van der Waals surface area contributed by atoms with Crippen LogP contribution < -0.4 is 20.1 Å². The minimum absolute atomic E-state index is 0.0382. The number of ether oxygens (including phenoxy) is 2. The third-order valence-corrected chi connectivity index (χ3v) is 6.27. The number of methoxy groups -OCH3 is 1. The summed E-state index contributed by atoms with van der Waals surface area (Å²) in [6.45, 7) is 5.97. The number of benzene rings is 2. The highest BCUT2D eigenvalue weighted by atomic mass is 16.5. The molecular formula is C27H29N5O4. The molecule has 1 unspecified atom stereocenters. The van der Waals surface area contributed by atoms with E-state index in [1.54, 1.807) is 31.4 Å². The second-order valence-corrected chi connectivity index (χ2v) is 9.36. The fraction of sp³-hybridized carbons (Fsp3) is 0.296. The molecule has 3 heterocycles. The molecule has 3 N–H and O–H groups in total. The van der Waals surface area contributed by atoms with E-state index < -0.39 is 0 Å². The number of hydrogen-bond donors (Lipinski definition) is 3. The Morgan fingerprint density at radius 1 is 1.31 bits per heavy atom. The van der Waals surface area contributed by atoms with Gasteiger partial charge in [0.25, 0.3) is 0 Å². The van der Waals surface area contributed by atoms with E-state index in [1.165, 1.54) is 7.05 Å². The lowest BCUT2D eigenvalue weighted by atomic mass is 9.99. The molecule has 2 aliphatic heterocycles. The van der Waals surface area contributed by atoms with E-state index in [0.29, 0.717) is 22.9 Å². The highest BCUT2D eigenvalue weighted by Gasteiger charge is 2.30. The number of rotatable bonds is 6. The van der Waals surface area contributed by atoms with Gasteiger partial charge < -0.3 is 25.1 Å². The van der Waals surface area contributed by atoms with Crippen molar-refractivity contribution in [3.8, 4) is 11.5 Å². The molecule has 3 aromatic rings. The Bertz CT molecular complexity index is 1400. The number of carbonyl (C=O) groups is 2. The van der Waals surface area contributed by atoms with Gasteiger partial charge in [0.2, 0.25) is 5.78 Å². The summed E-state index contributed by atoms with van der Waals surface area (Å²) in [4.78, 5) is 28.5. The molecule has 1 aromatic heterocycles. The van der Waals surface area contributed by atoms with Crippen molar-refractivity contribution in [3.05, 3.63) is 59.0 Å². The van der Waals surface area contributed by atoms with Crippen LogP contribution in [0.25, 0.3) is 17.0 Å². The van der Waals surface area contributed by atoms with Crippen LogP contribution in [0.5, 0.6) is 11.5 Å². The number of amides is 2. The average molecular weight is 488 g/mol. The summed E-state index contributed by atoms with van der Waals surface area (Å²) in [5, 5.41) is 12.8. The van der Waals surface area contributed by atoms with E-state index in [0.717, 1.165) is 41.0 Å². The van der Waals surface area contributed by atoms with Gasteiger partial charge in [0.1, 0.15) is 11.5 Å². The Balaban J connectivity index is 1.53. The summed E-state index contributed by atoms with van der Waals surface area (Å²) in [7, 11) is 3.16. The third kappa shape index (κ3) is 4.39. The van der Waals surface area contributed by atoms with E-state index in [2.05, 4.69) is 39.6 Å². The van der Waals surface area contributed by atoms with Gasteiger partial charge in [-0.05, 0) is 48.4 Å². The lowest BCUT2D eigenvalue weighted by Crippen LogP contribution is -2.24. The number of allylic oxidation sites excluding steroid dienone is 1. The zero-order chi connectivity index (χ0) is 25.4. The fourth-order valence-corrected chi connectivity index (χ4v) is 4.58. The summed E-state index contributed by atoms with van der Waals surface area (Å²) in [6.07, 6.45) is 3.75. The first-order chi connectivity index (χ1) is 17.4. The van der Waals surface area contributed by atoms with E-state index in [4.69, 9.17) is 9.47 Å². The summed E-state index contributed by atoms with van der Waals surface area (Å²) in [5.74, 6) is 1.70. The molecule has 0 saturated heterocycles. The van der Waals surface area contributed by atoms with Crippen molar-refractivity contribution in [3.63, 3.8) is 0 Å². The zero-order valence-electron chi connectivity index (χ0n) is 20.7. The van der Waals surface area contributed by atoms with Crippen LogP contribution in [0.15, 0.2) is 47.3 Å². The summed E-state index contributed by atoms with van der Waals surface area (Å²) < 4.78 is 11.4. The Morgan fingerprint density at radius 2 is 2.14 bits per heavy atom. The predicted octanol–water partition coefficient (Wildman–Crippen LogP) is 4.59. The molecule has 36 heavy (non-hydrogen) atoms. The molecule has 0 fully saturated rings. The lowest BCUT2D eigenvalue weighted by Gasteiger charge is -2.18. The molecule has 0 saturated carbocycles. The zero-order valence-corrected chi connectivity index (χ0v) is 20.7.